The number of aromatic nitrogens is 1. The van der Waals surface area contributed by atoms with Crippen LogP contribution in [0.4, 0.5) is 0 Å². The van der Waals surface area contributed by atoms with E-state index in [-0.39, 0.29) is 11.5 Å². The molecule has 0 saturated heterocycles. The third kappa shape index (κ3) is 2.76. The van der Waals surface area contributed by atoms with Crippen molar-refractivity contribution >= 4 is 11.9 Å². The maximum atomic E-state index is 11.7. The first-order valence-electron chi connectivity index (χ1n) is 5.40. The number of carboxylic acids is 1. The van der Waals surface area contributed by atoms with Gasteiger partial charge < -0.3 is 15.4 Å². The van der Waals surface area contributed by atoms with Gasteiger partial charge in [-0.15, -0.1) is 0 Å². The Morgan fingerprint density at radius 2 is 1.78 bits per heavy atom. The van der Waals surface area contributed by atoms with Gasteiger partial charge in [-0.25, -0.2) is 4.79 Å². The highest BCUT2D eigenvalue weighted by molar-refractivity contribution is 5.95. The fourth-order valence-electron chi connectivity index (χ4n) is 1.52. The Hall–Kier alpha value is -2.56. The zero-order valence-electron chi connectivity index (χ0n) is 9.51. The molecule has 0 bridgehead atoms. The summed E-state index contributed by atoms with van der Waals surface area (Å²) >= 11 is 0. The minimum Gasteiger partial charge on any atom is -0.478 e. The lowest BCUT2D eigenvalue weighted by molar-refractivity contribution is 0.0696. The van der Waals surface area contributed by atoms with E-state index in [9.17, 15) is 9.59 Å². The van der Waals surface area contributed by atoms with Crippen molar-refractivity contribution in [3.8, 4) is 0 Å². The lowest BCUT2D eigenvalue weighted by Crippen LogP contribution is -2.22. The Morgan fingerprint density at radius 3 is 2.33 bits per heavy atom. The van der Waals surface area contributed by atoms with Crippen LogP contribution in [0.15, 0.2) is 42.6 Å². The second-order valence-electron chi connectivity index (χ2n) is 3.76. The van der Waals surface area contributed by atoms with Crippen LogP contribution in [0.2, 0.25) is 0 Å². The van der Waals surface area contributed by atoms with Gasteiger partial charge in [0.1, 0.15) is 0 Å². The molecule has 0 aliphatic rings. The van der Waals surface area contributed by atoms with Gasteiger partial charge in [-0.3, -0.25) is 4.79 Å². The number of hydrogen-bond acceptors (Lipinski definition) is 2. The lowest BCUT2D eigenvalue weighted by atomic mass is 10.1. The molecule has 5 nitrogen and oxygen atoms in total. The van der Waals surface area contributed by atoms with Gasteiger partial charge in [-0.1, -0.05) is 0 Å². The summed E-state index contributed by atoms with van der Waals surface area (Å²) in [4.78, 5) is 25.4. The van der Waals surface area contributed by atoms with Gasteiger partial charge in [0, 0.05) is 17.5 Å². The summed E-state index contributed by atoms with van der Waals surface area (Å²) in [5, 5.41) is 11.5. The van der Waals surface area contributed by atoms with Crippen molar-refractivity contribution in [1.29, 1.82) is 0 Å². The number of benzene rings is 1. The van der Waals surface area contributed by atoms with E-state index in [2.05, 4.69) is 10.3 Å². The van der Waals surface area contributed by atoms with Crippen LogP contribution in [0.25, 0.3) is 0 Å². The molecule has 0 radical (unpaired) electrons. The van der Waals surface area contributed by atoms with Crippen molar-refractivity contribution in [1.82, 2.24) is 10.3 Å². The molecule has 0 atom stereocenters. The summed E-state index contributed by atoms with van der Waals surface area (Å²) in [6, 6.07) is 9.52. The third-order valence-electron chi connectivity index (χ3n) is 2.50. The minimum atomic E-state index is -1.01. The zero-order valence-corrected chi connectivity index (χ0v) is 9.51. The third-order valence-corrected chi connectivity index (χ3v) is 2.50. The number of aromatic amines is 1. The van der Waals surface area contributed by atoms with Gasteiger partial charge in [-0.2, -0.15) is 0 Å². The molecule has 2 rings (SSSR count). The minimum absolute atomic E-state index is 0.163. The number of amides is 1. The van der Waals surface area contributed by atoms with Crippen LogP contribution < -0.4 is 5.32 Å². The zero-order chi connectivity index (χ0) is 13.0. The molecule has 0 fully saturated rings. The Bertz CT molecular complexity index is 544. The SMILES string of the molecule is O=C(O)c1ccc(C(=O)NCc2ccc[nH]2)cc1. The van der Waals surface area contributed by atoms with Crippen molar-refractivity contribution in [2.24, 2.45) is 0 Å². The van der Waals surface area contributed by atoms with E-state index in [1.54, 1.807) is 6.20 Å². The molecular formula is C13H12N2O3. The average molecular weight is 244 g/mol. The van der Waals surface area contributed by atoms with Crippen LogP contribution in [0.1, 0.15) is 26.4 Å². The molecule has 2 aromatic rings. The fraction of sp³-hybridized carbons (Fsp3) is 0.0769. The monoisotopic (exact) mass is 244 g/mol. The summed E-state index contributed by atoms with van der Waals surface area (Å²) in [5.41, 5.74) is 1.51. The molecule has 0 saturated carbocycles. The van der Waals surface area contributed by atoms with Crippen LogP contribution in [0.3, 0.4) is 0 Å². The van der Waals surface area contributed by atoms with Gasteiger partial charge >= 0.3 is 5.97 Å². The van der Waals surface area contributed by atoms with E-state index in [1.165, 1.54) is 24.3 Å². The molecule has 92 valence electrons. The number of carbonyl (C=O) groups is 2. The van der Waals surface area contributed by atoms with Crippen molar-refractivity contribution in [3.05, 3.63) is 59.4 Å². The van der Waals surface area contributed by atoms with Gasteiger partial charge in [0.2, 0.25) is 0 Å². The summed E-state index contributed by atoms with van der Waals surface area (Å²) in [6.45, 7) is 0.409. The topological polar surface area (TPSA) is 82.2 Å². The fourth-order valence-corrected chi connectivity index (χ4v) is 1.52. The number of carbonyl (C=O) groups excluding carboxylic acids is 1. The van der Waals surface area contributed by atoms with Gasteiger partial charge in [0.25, 0.3) is 5.91 Å². The largest absolute Gasteiger partial charge is 0.478 e. The number of nitrogens with one attached hydrogen (secondary N) is 2. The van der Waals surface area contributed by atoms with E-state index in [0.29, 0.717) is 12.1 Å². The van der Waals surface area contributed by atoms with Crippen LogP contribution in [-0.2, 0) is 6.54 Å². The Morgan fingerprint density at radius 1 is 1.11 bits per heavy atom. The maximum Gasteiger partial charge on any atom is 0.335 e. The quantitative estimate of drug-likeness (QED) is 0.764. The number of hydrogen-bond donors (Lipinski definition) is 3. The standard InChI is InChI=1S/C13H12N2O3/c16-12(15-8-11-2-1-7-14-11)9-3-5-10(6-4-9)13(17)18/h1-7,14H,8H2,(H,15,16)(H,17,18). The van der Waals surface area contributed by atoms with Crippen molar-refractivity contribution < 1.29 is 14.7 Å². The van der Waals surface area contributed by atoms with E-state index < -0.39 is 5.97 Å². The highest BCUT2D eigenvalue weighted by Crippen LogP contribution is 2.05. The molecule has 1 aromatic carbocycles. The van der Waals surface area contributed by atoms with Crippen LogP contribution in [0.5, 0.6) is 0 Å². The molecule has 1 amide bonds. The molecule has 0 unspecified atom stereocenters. The molecule has 0 aliphatic carbocycles. The Balaban J connectivity index is 1.98. The Kier molecular flexibility index (Phi) is 3.43. The van der Waals surface area contributed by atoms with E-state index >= 15 is 0 Å². The van der Waals surface area contributed by atoms with Crippen molar-refractivity contribution in [2.75, 3.05) is 0 Å². The van der Waals surface area contributed by atoms with Crippen LogP contribution >= 0.6 is 0 Å². The average Bonchev–Trinajstić information content (AvgIpc) is 2.89. The van der Waals surface area contributed by atoms with E-state index in [0.717, 1.165) is 5.69 Å². The maximum absolute atomic E-state index is 11.7. The summed E-state index contributed by atoms with van der Waals surface area (Å²) < 4.78 is 0. The first-order valence-corrected chi connectivity index (χ1v) is 5.40. The molecule has 1 aromatic heterocycles. The lowest BCUT2D eigenvalue weighted by Gasteiger charge is -2.04. The van der Waals surface area contributed by atoms with Crippen molar-refractivity contribution in [2.45, 2.75) is 6.54 Å². The summed E-state index contributed by atoms with van der Waals surface area (Å²) in [6.07, 6.45) is 1.78. The molecule has 3 N–H and O–H groups in total. The number of H-pyrrole nitrogens is 1. The van der Waals surface area contributed by atoms with Crippen LogP contribution in [0, 0.1) is 0 Å². The summed E-state index contributed by atoms with van der Waals surface area (Å²) in [7, 11) is 0. The second kappa shape index (κ2) is 5.18. The van der Waals surface area contributed by atoms with E-state index in [1.807, 2.05) is 12.1 Å². The van der Waals surface area contributed by atoms with Crippen molar-refractivity contribution in [3.63, 3.8) is 0 Å². The van der Waals surface area contributed by atoms with Crippen LogP contribution in [-0.4, -0.2) is 22.0 Å². The molecule has 18 heavy (non-hydrogen) atoms. The van der Waals surface area contributed by atoms with E-state index in [4.69, 9.17) is 5.11 Å². The number of aromatic carboxylic acids is 1. The second-order valence-corrected chi connectivity index (χ2v) is 3.76. The summed E-state index contributed by atoms with van der Waals surface area (Å²) in [5.74, 6) is -1.24. The molecule has 0 aliphatic heterocycles. The first-order chi connectivity index (χ1) is 8.66. The number of carboxylic acid groups (broad SMARTS) is 1. The molecular weight excluding hydrogens is 232 g/mol. The molecule has 5 heteroatoms. The van der Waals surface area contributed by atoms with Gasteiger partial charge in [0.15, 0.2) is 0 Å². The highest BCUT2D eigenvalue weighted by atomic mass is 16.4. The molecule has 1 heterocycles. The first kappa shape index (κ1) is 11.9. The predicted octanol–water partition coefficient (Wildman–Crippen LogP) is 1.64. The predicted molar refractivity (Wildman–Crippen MR) is 65.4 cm³/mol. The number of rotatable bonds is 4. The van der Waals surface area contributed by atoms with Gasteiger partial charge in [-0.05, 0) is 36.4 Å². The molecule has 0 spiro atoms. The highest BCUT2D eigenvalue weighted by Gasteiger charge is 2.07. The van der Waals surface area contributed by atoms with Gasteiger partial charge in [0.05, 0.1) is 12.1 Å². The Labute approximate surface area is 103 Å². The smallest absolute Gasteiger partial charge is 0.335 e. The normalized spacial score (nSPS) is 10.0.